The second-order valence-electron chi connectivity index (χ2n) is 4.53. The predicted octanol–water partition coefficient (Wildman–Crippen LogP) is -1.94. The van der Waals surface area contributed by atoms with Crippen LogP contribution in [0.5, 0.6) is 0 Å². The van der Waals surface area contributed by atoms with E-state index < -0.39 is 30.7 Å². The maximum absolute atomic E-state index is 11.8. The topological polar surface area (TPSA) is 128 Å². The molecule has 118 valence electrons. The van der Waals surface area contributed by atoms with Crippen molar-refractivity contribution >= 4 is 11.9 Å². The maximum atomic E-state index is 11.8. The monoisotopic (exact) mass is 294 g/mol. The molecule has 8 nitrogen and oxygen atoms in total. The average molecular weight is 294 g/mol. The van der Waals surface area contributed by atoms with E-state index in [2.05, 4.69) is 10.7 Å². The van der Waals surface area contributed by atoms with Crippen molar-refractivity contribution in [2.45, 2.75) is 25.0 Å². The first-order valence-corrected chi connectivity index (χ1v) is 6.27. The van der Waals surface area contributed by atoms with Crippen molar-refractivity contribution in [2.75, 3.05) is 33.4 Å². The Hall–Kier alpha value is -1.29. The average Bonchev–Trinajstić information content (AvgIpc) is 2.26. The summed E-state index contributed by atoms with van der Waals surface area (Å²) in [5.74, 6) is -1.49. The molecule has 0 unspecified atom stereocenters. The van der Waals surface area contributed by atoms with Gasteiger partial charge in [-0.2, -0.15) is 0 Å². The number of aliphatic carboxylic acids is 1. The standard InChI is InChI=1S/C11H23FN4O4/c1-16(7-11(19)20)15-10(18)5-8(13)4-9(17)6-14-3-2-12/h8-9,14,17H,2-7,13H2,1H3,(H,15,18)(H,19,20)/t8-,9-/m1/s1. The Bertz CT molecular complexity index is 306. The normalized spacial score (nSPS) is 14.1. The molecular weight excluding hydrogens is 271 g/mol. The number of aliphatic hydroxyl groups excluding tert-OH is 1. The van der Waals surface area contributed by atoms with Crippen molar-refractivity contribution in [3.8, 4) is 0 Å². The van der Waals surface area contributed by atoms with Crippen LogP contribution < -0.4 is 16.5 Å². The summed E-state index contributed by atoms with van der Waals surface area (Å²) in [5.41, 5.74) is 8.05. The molecule has 0 fully saturated rings. The highest BCUT2D eigenvalue weighted by molar-refractivity contribution is 5.76. The molecule has 0 aromatic carbocycles. The number of hydrazine groups is 1. The number of alkyl halides is 1. The molecule has 0 aliphatic carbocycles. The molecule has 0 saturated carbocycles. The fourth-order valence-corrected chi connectivity index (χ4v) is 1.59. The van der Waals surface area contributed by atoms with Gasteiger partial charge in [-0.3, -0.25) is 15.0 Å². The zero-order valence-corrected chi connectivity index (χ0v) is 11.5. The summed E-state index contributed by atoms with van der Waals surface area (Å²) in [6.45, 7) is -0.473. The van der Waals surface area contributed by atoms with Crippen molar-refractivity contribution < 1.29 is 24.2 Å². The molecule has 6 N–H and O–H groups in total. The molecule has 0 aliphatic rings. The largest absolute Gasteiger partial charge is 0.480 e. The Morgan fingerprint density at radius 2 is 2.10 bits per heavy atom. The summed E-state index contributed by atoms with van der Waals surface area (Å²) < 4.78 is 11.8. The fraction of sp³-hybridized carbons (Fsp3) is 0.818. The lowest BCUT2D eigenvalue weighted by Gasteiger charge is -2.19. The summed E-state index contributed by atoms with van der Waals surface area (Å²) in [6.07, 6.45) is -0.611. The van der Waals surface area contributed by atoms with Gasteiger partial charge in [0.1, 0.15) is 13.2 Å². The number of amides is 1. The van der Waals surface area contributed by atoms with Crippen LogP contribution in [0.15, 0.2) is 0 Å². The number of rotatable bonds is 11. The molecule has 0 aromatic rings. The number of halogens is 1. The molecular formula is C11H23FN4O4. The Balaban J connectivity index is 3.86. The molecule has 1 amide bonds. The molecule has 20 heavy (non-hydrogen) atoms. The van der Waals surface area contributed by atoms with Crippen LogP contribution in [0.4, 0.5) is 4.39 Å². The second kappa shape index (κ2) is 10.5. The van der Waals surface area contributed by atoms with Gasteiger partial charge in [0.25, 0.3) is 0 Å². The van der Waals surface area contributed by atoms with Gasteiger partial charge in [0, 0.05) is 32.6 Å². The van der Waals surface area contributed by atoms with Crippen molar-refractivity contribution in [1.82, 2.24) is 15.8 Å². The molecule has 0 aromatic heterocycles. The third kappa shape index (κ3) is 10.6. The smallest absolute Gasteiger partial charge is 0.319 e. The molecule has 0 spiro atoms. The second-order valence-corrected chi connectivity index (χ2v) is 4.53. The van der Waals surface area contributed by atoms with E-state index in [1.54, 1.807) is 0 Å². The molecule has 0 rings (SSSR count). The Morgan fingerprint density at radius 1 is 1.45 bits per heavy atom. The van der Waals surface area contributed by atoms with Gasteiger partial charge in [-0.25, -0.2) is 9.40 Å². The van der Waals surface area contributed by atoms with E-state index in [1.165, 1.54) is 7.05 Å². The number of carbonyl (C=O) groups is 2. The van der Waals surface area contributed by atoms with Crippen LogP contribution in [-0.2, 0) is 9.59 Å². The van der Waals surface area contributed by atoms with Crippen LogP contribution in [0.3, 0.4) is 0 Å². The molecule has 0 heterocycles. The van der Waals surface area contributed by atoms with Gasteiger partial charge in [-0.15, -0.1) is 0 Å². The maximum Gasteiger partial charge on any atom is 0.319 e. The lowest BCUT2D eigenvalue weighted by molar-refractivity contribution is -0.139. The number of hydrogen-bond acceptors (Lipinski definition) is 6. The Labute approximate surface area is 117 Å². The number of nitrogens with one attached hydrogen (secondary N) is 2. The fourth-order valence-electron chi connectivity index (χ4n) is 1.59. The number of aliphatic hydroxyl groups is 1. The van der Waals surface area contributed by atoms with E-state index in [0.717, 1.165) is 5.01 Å². The van der Waals surface area contributed by atoms with Crippen LogP contribution in [0.2, 0.25) is 0 Å². The SMILES string of the molecule is CN(CC(=O)O)NC(=O)C[C@H](N)C[C@@H](O)CNCCF. The lowest BCUT2D eigenvalue weighted by Crippen LogP contribution is -2.44. The van der Waals surface area contributed by atoms with Crippen molar-refractivity contribution in [3.05, 3.63) is 0 Å². The van der Waals surface area contributed by atoms with Gasteiger partial charge in [0.05, 0.1) is 6.10 Å². The summed E-state index contributed by atoms with van der Waals surface area (Å²) in [4.78, 5) is 21.9. The summed E-state index contributed by atoms with van der Waals surface area (Å²) in [7, 11) is 1.42. The van der Waals surface area contributed by atoms with Crippen LogP contribution in [0.1, 0.15) is 12.8 Å². The van der Waals surface area contributed by atoms with E-state index in [1.807, 2.05) is 0 Å². The van der Waals surface area contributed by atoms with Gasteiger partial charge < -0.3 is 21.3 Å². The summed E-state index contributed by atoms with van der Waals surface area (Å²) in [6, 6.07) is -0.560. The molecule has 0 bridgehead atoms. The number of carboxylic acid groups (broad SMARTS) is 1. The van der Waals surface area contributed by atoms with Crippen molar-refractivity contribution in [3.63, 3.8) is 0 Å². The molecule has 0 saturated heterocycles. The van der Waals surface area contributed by atoms with E-state index in [-0.39, 0.29) is 32.5 Å². The number of nitrogens with two attached hydrogens (primary N) is 1. The third-order valence-corrected chi connectivity index (χ3v) is 2.36. The number of nitrogens with zero attached hydrogens (tertiary/aromatic N) is 1. The van der Waals surface area contributed by atoms with E-state index in [0.29, 0.717) is 0 Å². The van der Waals surface area contributed by atoms with Gasteiger partial charge in [0.2, 0.25) is 5.91 Å². The first kappa shape index (κ1) is 18.7. The van der Waals surface area contributed by atoms with E-state index in [4.69, 9.17) is 10.8 Å². The van der Waals surface area contributed by atoms with Crippen molar-refractivity contribution in [1.29, 1.82) is 0 Å². The minimum atomic E-state index is -1.06. The van der Waals surface area contributed by atoms with Crippen LogP contribution in [0.25, 0.3) is 0 Å². The lowest BCUT2D eigenvalue weighted by atomic mass is 10.1. The number of carboxylic acids is 1. The number of hydrogen-bond donors (Lipinski definition) is 5. The van der Waals surface area contributed by atoms with E-state index in [9.17, 15) is 19.1 Å². The highest BCUT2D eigenvalue weighted by Gasteiger charge is 2.15. The van der Waals surface area contributed by atoms with Crippen molar-refractivity contribution in [2.24, 2.45) is 5.73 Å². The van der Waals surface area contributed by atoms with Crippen LogP contribution >= 0.6 is 0 Å². The van der Waals surface area contributed by atoms with Crippen LogP contribution in [-0.4, -0.2) is 72.6 Å². The molecule has 0 aliphatic heterocycles. The van der Waals surface area contributed by atoms with Gasteiger partial charge in [0.15, 0.2) is 0 Å². The highest BCUT2D eigenvalue weighted by atomic mass is 19.1. The van der Waals surface area contributed by atoms with Gasteiger partial charge in [-0.1, -0.05) is 0 Å². The molecule has 9 heteroatoms. The van der Waals surface area contributed by atoms with Gasteiger partial charge >= 0.3 is 5.97 Å². The van der Waals surface area contributed by atoms with Crippen LogP contribution in [0, 0.1) is 0 Å². The summed E-state index contributed by atoms with van der Waals surface area (Å²) >= 11 is 0. The third-order valence-electron chi connectivity index (χ3n) is 2.36. The quantitative estimate of drug-likeness (QED) is 0.221. The summed E-state index contributed by atoms with van der Waals surface area (Å²) in [5, 5.41) is 21.9. The molecule has 0 radical (unpaired) electrons. The molecule has 2 atom stereocenters. The minimum absolute atomic E-state index is 0.0376. The first-order chi connectivity index (χ1) is 9.35. The van der Waals surface area contributed by atoms with E-state index >= 15 is 0 Å². The first-order valence-electron chi connectivity index (χ1n) is 6.27. The number of carbonyl (C=O) groups excluding carboxylic acids is 1. The predicted molar refractivity (Wildman–Crippen MR) is 70.5 cm³/mol. The zero-order valence-electron chi connectivity index (χ0n) is 11.5. The zero-order chi connectivity index (χ0) is 15.5. The number of likely N-dealkylation sites (N-methyl/N-ethyl adjacent to an activating group) is 1. The Kier molecular flexibility index (Phi) is 9.82. The van der Waals surface area contributed by atoms with Gasteiger partial charge in [-0.05, 0) is 6.42 Å². The minimum Gasteiger partial charge on any atom is -0.480 e. The highest BCUT2D eigenvalue weighted by Crippen LogP contribution is 2.00. The Morgan fingerprint density at radius 3 is 2.65 bits per heavy atom.